The zero-order chi connectivity index (χ0) is 23.6. The second-order valence-electron chi connectivity index (χ2n) is 7.33. The van der Waals surface area contributed by atoms with Crippen LogP contribution in [0, 0.1) is 12.7 Å². The number of carbonyl (C=O) groups excluding carboxylic acids is 3. The Kier molecular flexibility index (Phi) is 7.33. The number of allylic oxidation sites excluding steroid dienone is 2. The van der Waals surface area contributed by atoms with Crippen molar-refractivity contribution in [3.05, 3.63) is 74.5 Å². The maximum Gasteiger partial charge on any atom is 0.271 e. The quantitative estimate of drug-likeness (QED) is 0.373. The van der Waals surface area contributed by atoms with Gasteiger partial charge in [-0.1, -0.05) is 29.3 Å². The number of halogens is 3. The highest BCUT2D eigenvalue weighted by Crippen LogP contribution is 2.28. The number of nitrogens with one attached hydrogen (secondary N) is 1. The number of ketones is 1. The first-order chi connectivity index (χ1) is 15.1. The van der Waals surface area contributed by atoms with Gasteiger partial charge >= 0.3 is 0 Å². The molecule has 0 spiro atoms. The number of hydrogen-bond acceptors (Lipinski definition) is 4. The zero-order valence-electron chi connectivity index (χ0n) is 17.7. The molecule has 1 aliphatic rings. The summed E-state index contributed by atoms with van der Waals surface area (Å²) in [4.78, 5) is 42.6. The molecule has 1 fully saturated rings. The molecule has 0 unspecified atom stereocenters. The van der Waals surface area contributed by atoms with Crippen molar-refractivity contribution >= 4 is 46.4 Å². The van der Waals surface area contributed by atoms with Gasteiger partial charge in [0.05, 0.1) is 10.0 Å². The Morgan fingerprint density at radius 2 is 1.88 bits per heavy atom. The lowest BCUT2D eigenvalue weighted by Gasteiger charge is -2.13. The van der Waals surface area contributed by atoms with Crippen molar-refractivity contribution in [3.8, 4) is 0 Å². The zero-order valence-corrected chi connectivity index (χ0v) is 19.2. The van der Waals surface area contributed by atoms with Crippen LogP contribution in [-0.4, -0.2) is 41.9 Å². The number of hydroxylamine groups is 2. The third kappa shape index (κ3) is 5.01. The summed E-state index contributed by atoms with van der Waals surface area (Å²) < 4.78 is 13.6. The van der Waals surface area contributed by atoms with E-state index in [0.29, 0.717) is 34.4 Å². The van der Waals surface area contributed by atoms with Crippen LogP contribution in [0.5, 0.6) is 0 Å². The summed E-state index contributed by atoms with van der Waals surface area (Å²) in [6.07, 6.45) is 1.39. The van der Waals surface area contributed by atoms with Crippen LogP contribution in [0.25, 0.3) is 5.57 Å². The maximum absolute atomic E-state index is 13.6. The minimum Gasteiger partial charge on any atom is -0.338 e. The topological polar surface area (TPSA) is 75.7 Å². The summed E-state index contributed by atoms with van der Waals surface area (Å²) >= 11 is 11.7. The Bertz CT molecular complexity index is 1110. The van der Waals surface area contributed by atoms with E-state index in [1.165, 1.54) is 35.4 Å². The molecule has 1 saturated heterocycles. The van der Waals surface area contributed by atoms with Crippen molar-refractivity contribution in [3.63, 3.8) is 0 Å². The number of rotatable bonds is 6. The van der Waals surface area contributed by atoms with Crippen molar-refractivity contribution in [2.75, 3.05) is 13.2 Å². The van der Waals surface area contributed by atoms with Gasteiger partial charge in [-0.15, -0.1) is 0 Å². The van der Waals surface area contributed by atoms with Crippen LogP contribution in [0.4, 0.5) is 4.39 Å². The second kappa shape index (κ2) is 9.81. The molecule has 0 aromatic heterocycles. The normalized spacial score (nSPS) is 16.4. The smallest absolute Gasteiger partial charge is 0.271 e. The van der Waals surface area contributed by atoms with Crippen molar-refractivity contribution in [1.82, 2.24) is 10.4 Å². The molecule has 0 saturated carbocycles. The number of benzene rings is 2. The van der Waals surface area contributed by atoms with Gasteiger partial charge < -0.3 is 5.32 Å². The molecular weight excluding hydrogens is 458 g/mol. The number of carbonyl (C=O) groups is 3. The number of hydrogen-bond donors (Lipinski definition) is 1. The highest BCUT2D eigenvalue weighted by atomic mass is 35.5. The fraction of sp³-hybridized carbons (Fsp3) is 0.261. The molecule has 0 aliphatic carbocycles. The summed E-state index contributed by atoms with van der Waals surface area (Å²) in [5.41, 5.74) is 2.37. The first-order valence-corrected chi connectivity index (χ1v) is 10.6. The van der Waals surface area contributed by atoms with Gasteiger partial charge in [0.15, 0.2) is 11.6 Å². The van der Waals surface area contributed by atoms with E-state index in [4.69, 9.17) is 28.0 Å². The molecule has 2 aromatic rings. The second-order valence-corrected chi connectivity index (χ2v) is 8.14. The van der Waals surface area contributed by atoms with Crippen molar-refractivity contribution in [1.29, 1.82) is 0 Å². The number of amides is 2. The number of nitrogens with zero attached hydrogens (tertiary/aromatic N) is 1. The molecule has 1 N–H and O–H groups in total. The summed E-state index contributed by atoms with van der Waals surface area (Å²) in [7, 11) is 0. The van der Waals surface area contributed by atoms with Crippen LogP contribution in [0.1, 0.15) is 45.7 Å². The molecule has 6 nitrogen and oxygen atoms in total. The van der Waals surface area contributed by atoms with Crippen molar-refractivity contribution in [2.45, 2.75) is 26.8 Å². The first-order valence-electron chi connectivity index (χ1n) is 9.85. The largest absolute Gasteiger partial charge is 0.338 e. The fourth-order valence-corrected chi connectivity index (χ4v) is 3.77. The van der Waals surface area contributed by atoms with Gasteiger partial charge in [0, 0.05) is 17.7 Å². The predicted octanol–water partition coefficient (Wildman–Crippen LogP) is 4.62. The van der Waals surface area contributed by atoms with Gasteiger partial charge in [-0.3, -0.25) is 19.2 Å². The van der Waals surface area contributed by atoms with Crippen LogP contribution >= 0.6 is 23.2 Å². The summed E-state index contributed by atoms with van der Waals surface area (Å²) in [5, 5.41) is 3.60. The summed E-state index contributed by atoms with van der Waals surface area (Å²) in [6, 6.07) is 6.71. The van der Waals surface area contributed by atoms with Gasteiger partial charge in [-0.05, 0) is 67.8 Å². The van der Waals surface area contributed by atoms with Gasteiger partial charge in [0.25, 0.3) is 11.8 Å². The van der Waals surface area contributed by atoms with Gasteiger partial charge in [0.2, 0.25) is 0 Å². The summed E-state index contributed by atoms with van der Waals surface area (Å²) in [6.45, 7) is 5.64. The molecule has 1 heterocycles. The fourth-order valence-electron chi connectivity index (χ4n) is 3.28. The monoisotopic (exact) mass is 478 g/mol. The molecule has 1 atom stereocenters. The third-order valence-corrected chi connectivity index (χ3v) is 5.63. The van der Waals surface area contributed by atoms with Gasteiger partial charge in [0.1, 0.15) is 12.6 Å². The van der Waals surface area contributed by atoms with E-state index in [1.54, 1.807) is 26.8 Å². The molecular formula is C23H21Cl2FN2O4. The minimum atomic E-state index is -0.747. The lowest BCUT2D eigenvalue weighted by Crippen LogP contribution is -2.42. The van der Waals surface area contributed by atoms with E-state index in [9.17, 15) is 18.8 Å². The van der Waals surface area contributed by atoms with E-state index in [2.05, 4.69) is 5.32 Å². The summed E-state index contributed by atoms with van der Waals surface area (Å²) in [5.74, 6) is -1.74. The number of likely N-dealkylation sites (N-methyl/N-ethyl adjacent to an activating group) is 1. The predicted molar refractivity (Wildman–Crippen MR) is 120 cm³/mol. The maximum atomic E-state index is 13.6. The van der Waals surface area contributed by atoms with Gasteiger partial charge in [-0.25, -0.2) is 9.45 Å². The molecule has 1 aliphatic heterocycles. The third-order valence-electron chi connectivity index (χ3n) is 5.08. The van der Waals surface area contributed by atoms with E-state index < -0.39 is 17.8 Å². The molecule has 168 valence electrons. The van der Waals surface area contributed by atoms with E-state index >= 15 is 0 Å². The standard InChI is InChI=1S/C23H21Cl2FN2O4/c1-4-28-23(31)19(11-32-28)27-22(30)16-6-5-14(7-13(16)3)20(29)8-12(2)15-9-17(24)21(26)18(25)10-15/h5-10,19H,4,11H2,1-3H3,(H,27,30)/b12-8-/t19-/m1/s1. The first kappa shape index (κ1) is 23.9. The van der Waals surface area contributed by atoms with E-state index in [-0.39, 0.29) is 28.3 Å². The SMILES string of the molecule is CCN1OC[C@@H](NC(=O)c2ccc(C(=O)/C=C(/C)c3cc(Cl)c(F)c(Cl)c3)cc2C)C1=O. The molecule has 3 rings (SSSR count). The molecule has 32 heavy (non-hydrogen) atoms. The van der Waals surface area contributed by atoms with E-state index in [0.717, 1.165) is 0 Å². The minimum absolute atomic E-state index is 0.0789. The van der Waals surface area contributed by atoms with Crippen LogP contribution in [0.15, 0.2) is 36.4 Å². The van der Waals surface area contributed by atoms with Crippen molar-refractivity contribution < 1.29 is 23.6 Å². The number of aryl methyl sites for hydroxylation is 1. The average molecular weight is 479 g/mol. The Morgan fingerprint density at radius 3 is 2.44 bits per heavy atom. The van der Waals surface area contributed by atoms with Crippen molar-refractivity contribution in [2.24, 2.45) is 0 Å². The Morgan fingerprint density at radius 1 is 1.22 bits per heavy atom. The molecule has 2 amide bonds. The molecule has 0 radical (unpaired) electrons. The average Bonchev–Trinajstić information content (AvgIpc) is 3.10. The lowest BCUT2D eigenvalue weighted by molar-refractivity contribution is -0.160. The van der Waals surface area contributed by atoms with Gasteiger partial charge in [-0.2, -0.15) is 0 Å². The van der Waals surface area contributed by atoms with Crippen LogP contribution in [0.2, 0.25) is 10.0 Å². The Hall–Kier alpha value is -2.74. The highest BCUT2D eigenvalue weighted by Gasteiger charge is 2.33. The molecule has 2 aromatic carbocycles. The van der Waals surface area contributed by atoms with Crippen LogP contribution < -0.4 is 5.32 Å². The van der Waals surface area contributed by atoms with Crippen LogP contribution in [-0.2, 0) is 9.63 Å². The molecule has 0 bridgehead atoms. The van der Waals surface area contributed by atoms with Crippen LogP contribution in [0.3, 0.4) is 0 Å². The highest BCUT2D eigenvalue weighted by molar-refractivity contribution is 6.35. The Labute approximate surface area is 194 Å². The Balaban J connectivity index is 1.75. The molecule has 9 heteroatoms. The van der Waals surface area contributed by atoms with E-state index in [1.807, 2.05) is 0 Å². The lowest BCUT2D eigenvalue weighted by atomic mass is 9.99.